The monoisotopic (exact) mass is 355 g/mol. The lowest BCUT2D eigenvalue weighted by Gasteiger charge is -2.12. The summed E-state index contributed by atoms with van der Waals surface area (Å²) in [6.45, 7) is 3.53. The molecule has 7 nitrogen and oxygen atoms in total. The van der Waals surface area contributed by atoms with E-state index < -0.39 is 19.4 Å². The molecule has 0 saturated carbocycles. The Bertz CT molecular complexity index is 629. The molecule has 1 atom stereocenters. The van der Waals surface area contributed by atoms with Crippen LogP contribution in [0, 0.1) is 0 Å². The molecule has 0 saturated heterocycles. The first kappa shape index (κ1) is 19.9. The van der Waals surface area contributed by atoms with Crippen LogP contribution >= 0.6 is 7.37 Å². The van der Waals surface area contributed by atoms with Crippen LogP contribution in [-0.2, 0) is 30.0 Å². The minimum atomic E-state index is -2.88. The first-order valence-corrected chi connectivity index (χ1v) is 9.61. The summed E-state index contributed by atoms with van der Waals surface area (Å²) >= 11 is 0. The second kappa shape index (κ2) is 9.90. The first-order valence-electron chi connectivity index (χ1n) is 7.35. The standard InChI is InChI=1S/C16H22NO6P/c1-4-23-24(3,20)11-10-14(15(18)21-2)17-16(19)22-12-13-8-6-5-7-9-13/h5-10H,4,11-12H2,1-3H3,(H,17,19). The van der Waals surface area contributed by atoms with Crippen molar-refractivity contribution in [3.05, 3.63) is 47.7 Å². The predicted octanol–water partition coefficient (Wildman–Crippen LogP) is 2.91. The van der Waals surface area contributed by atoms with Gasteiger partial charge in [-0.05, 0) is 18.6 Å². The van der Waals surface area contributed by atoms with E-state index in [1.165, 1.54) is 19.9 Å². The fourth-order valence-electron chi connectivity index (χ4n) is 1.75. The zero-order chi connectivity index (χ0) is 18.0. The van der Waals surface area contributed by atoms with E-state index in [2.05, 4.69) is 10.1 Å². The van der Waals surface area contributed by atoms with Crippen LogP contribution in [0.15, 0.2) is 42.1 Å². The van der Waals surface area contributed by atoms with Crippen LogP contribution in [0.1, 0.15) is 12.5 Å². The van der Waals surface area contributed by atoms with Gasteiger partial charge in [-0.25, -0.2) is 9.59 Å². The molecule has 24 heavy (non-hydrogen) atoms. The molecule has 1 amide bonds. The summed E-state index contributed by atoms with van der Waals surface area (Å²) in [6.07, 6.45) is 0.494. The van der Waals surface area contributed by atoms with Crippen LogP contribution in [0.4, 0.5) is 4.79 Å². The van der Waals surface area contributed by atoms with Gasteiger partial charge in [0.1, 0.15) is 12.3 Å². The number of esters is 1. The van der Waals surface area contributed by atoms with Gasteiger partial charge in [0.2, 0.25) is 7.37 Å². The topological polar surface area (TPSA) is 90.9 Å². The molecule has 0 spiro atoms. The Morgan fingerprint density at radius 2 is 1.92 bits per heavy atom. The van der Waals surface area contributed by atoms with Crippen molar-refractivity contribution in [3.63, 3.8) is 0 Å². The summed E-state index contributed by atoms with van der Waals surface area (Å²) in [6, 6.07) is 9.11. The molecule has 0 heterocycles. The number of rotatable bonds is 8. The Hall–Kier alpha value is -2.11. The minimum absolute atomic E-state index is 0.00968. The average Bonchev–Trinajstić information content (AvgIpc) is 2.57. The average molecular weight is 355 g/mol. The van der Waals surface area contributed by atoms with E-state index in [-0.39, 0.29) is 18.5 Å². The maximum atomic E-state index is 12.1. The summed E-state index contributed by atoms with van der Waals surface area (Å²) in [5.74, 6) is -0.761. The fourth-order valence-corrected chi connectivity index (χ4v) is 2.91. The summed E-state index contributed by atoms with van der Waals surface area (Å²) < 4.78 is 26.8. The Balaban J connectivity index is 2.66. The molecule has 0 bridgehead atoms. The molecule has 0 aliphatic rings. The number of allylic oxidation sites excluding steroid dienone is 1. The van der Waals surface area contributed by atoms with Gasteiger partial charge in [0.15, 0.2) is 0 Å². The lowest BCUT2D eigenvalue weighted by Crippen LogP contribution is -2.29. The highest BCUT2D eigenvalue weighted by atomic mass is 31.2. The van der Waals surface area contributed by atoms with E-state index in [1.807, 2.05) is 18.2 Å². The van der Waals surface area contributed by atoms with Crippen LogP contribution in [-0.4, -0.2) is 38.6 Å². The third-order valence-corrected chi connectivity index (χ3v) is 4.53. The summed E-state index contributed by atoms with van der Waals surface area (Å²) in [4.78, 5) is 23.5. The maximum absolute atomic E-state index is 12.1. The van der Waals surface area contributed by atoms with Crippen molar-refractivity contribution in [2.45, 2.75) is 13.5 Å². The molecule has 1 unspecified atom stereocenters. The minimum Gasteiger partial charge on any atom is -0.464 e. The zero-order valence-electron chi connectivity index (χ0n) is 14.0. The third-order valence-electron chi connectivity index (χ3n) is 2.88. The summed E-state index contributed by atoms with van der Waals surface area (Å²) in [5, 5.41) is 2.30. The molecule has 0 aliphatic heterocycles. The number of alkyl carbamates (subject to hydrolysis) is 1. The van der Waals surface area contributed by atoms with E-state index >= 15 is 0 Å². The molecule has 0 fully saturated rings. The second-order valence-corrected chi connectivity index (χ2v) is 7.56. The Morgan fingerprint density at radius 3 is 2.50 bits per heavy atom. The van der Waals surface area contributed by atoms with Crippen molar-refractivity contribution in [3.8, 4) is 0 Å². The van der Waals surface area contributed by atoms with E-state index in [9.17, 15) is 14.2 Å². The van der Waals surface area contributed by atoms with Crippen molar-refractivity contribution < 1.29 is 28.2 Å². The van der Waals surface area contributed by atoms with Gasteiger partial charge in [0, 0.05) is 12.8 Å². The summed E-state index contributed by atoms with van der Waals surface area (Å²) in [5.41, 5.74) is 0.669. The van der Waals surface area contributed by atoms with Gasteiger partial charge in [0.25, 0.3) is 0 Å². The number of benzene rings is 1. The smallest absolute Gasteiger partial charge is 0.412 e. The number of ether oxygens (including phenoxy) is 2. The number of nitrogens with one attached hydrogen (secondary N) is 1. The Kier molecular flexibility index (Phi) is 8.22. The molecular weight excluding hydrogens is 333 g/mol. The normalized spacial score (nSPS) is 13.7. The molecule has 0 radical (unpaired) electrons. The number of methoxy groups -OCH3 is 1. The highest BCUT2D eigenvalue weighted by molar-refractivity contribution is 7.58. The predicted molar refractivity (Wildman–Crippen MR) is 89.9 cm³/mol. The number of carbonyl (C=O) groups is 2. The van der Waals surface area contributed by atoms with Gasteiger partial charge in [-0.15, -0.1) is 0 Å². The van der Waals surface area contributed by atoms with Crippen LogP contribution in [0.25, 0.3) is 0 Å². The number of hydrogen-bond donors (Lipinski definition) is 1. The number of hydrogen-bond acceptors (Lipinski definition) is 6. The molecule has 132 valence electrons. The number of amides is 1. The molecule has 1 rings (SSSR count). The first-order chi connectivity index (χ1) is 11.4. The highest BCUT2D eigenvalue weighted by Gasteiger charge is 2.18. The van der Waals surface area contributed by atoms with Crippen LogP contribution in [0.2, 0.25) is 0 Å². The van der Waals surface area contributed by atoms with E-state index in [0.29, 0.717) is 6.61 Å². The van der Waals surface area contributed by atoms with Gasteiger partial charge in [-0.1, -0.05) is 30.3 Å². The van der Waals surface area contributed by atoms with Gasteiger partial charge in [-0.3, -0.25) is 9.88 Å². The molecule has 0 aliphatic carbocycles. The zero-order valence-corrected chi connectivity index (χ0v) is 14.9. The van der Waals surface area contributed by atoms with Crippen LogP contribution < -0.4 is 5.32 Å². The van der Waals surface area contributed by atoms with Crippen molar-refractivity contribution in [1.82, 2.24) is 5.32 Å². The lowest BCUT2D eigenvalue weighted by atomic mass is 10.2. The highest BCUT2D eigenvalue weighted by Crippen LogP contribution is 2.42. The molecule has 1 aromatic carbocycles. The third kappa shape index (κ3) is 7.44. The van der Waals surface area contributed by atoms with Crippen molar-refractivity contribution >= 4 is 19.4 Å². The van der Waals surface area contributed by atoms with Gasteiger partial charge < -0.3 is 14.0 Å². The molecule has 8 heteroatoms. The molecular formula is C16H22NO6P. The largest absolute Gasteiger partial charge is 0.464 e. The van der Waals surface area contributed by atoms with E-state index in [0.717, 1.165) is 5.56 Å². The fraction of sp³-hybridized carbons (Fsp3) is 0.375. The number of carbonyl (C=O) groups excluding carboxylic acids is 2. The SMILES string of the molecule is CCOP(C)(=O)CC=C(NC(=O)OCc1ccccc1)C(=O)OC. The van der Waals surface area contributed by atoms with Gasteiger partial charge >= 0.3 is 12.1 Å². The lowest BCUT2D eigenvalue weighted by molar-refractivity contribution is -0.136. The molecule has 1 aromatic rings. The van der Waals surface area contributed by atoms with Crippen molar-refractivity contribution in [2.24, 2.45) is 0 Å². The van der Waals surface area contributed by atoms with Crippen molar-refractivity contribution in [2.75, 3.05) is 26.5 Å². The Labute approximate surface area is 141 Å². The Morgan fingerprint density at radius 1 is 1.25 bits per heavy atom. The van der Waals surface area contributed by atoms with Gasteiger partial charge in [0.05, 0.1) is 13.7 Å². The van der Waals surface area contributed by atoms with Crippen LogP contribution in [0.5, 0.6) is 0 Å². The van der Waals surface area contributed by atoms with E-state index in [4.69, 9.17) is 9.26 Å². The molecule has 1 N–H and O–H groups in total. The van der Waals surface area contributed by atoms with E-state index in [1.54, 1.807) is 19.1 Å². The molecule has 0 aromatic heterocycles. The second-order valence-electron chi connectivity index (χ2n) is 4.91. The van der Waals surface area contributed by atoms with Gasteiger partial charge in [-0.2, -0.15) is 0 Å². The quantitative estimate of drug-likeness (QED) is 0.438. The van der Waals surface area contributed by atoms with Crippen LogP contribution in [0.3, 0.4) is 0 Å². The maximum Gasteiger partial charge on any atom is 0.412 e. The summed E-state index contributed by atoms with van der Waals surface area (Å²) in [7, 11) is -1.70. The van der Waals surface area contributed by atoms with Crippen molar-refractivity contribution in [1.29, 1.82) is 0 Å².